The van der Waals surface area contributed by atoms with Gasteiger partial charge in [0.15, 0.2) is 0 Å². The van der Waals surface area contributed by atoms with E-state index in [4.69, 9.17) is 3.47 Å². The Labute approximate surface area is 478 Å². The molecule has 1 nitrogen and oxygen atoms in total. The number of hydrogen-bond donors (Lipinski definition) is 0. The molecule has 0 heterocycles. The van der Waals surface area contributed by atoms with Gasteiger partial charge in [-0.2, -0.15) is 0 Å². The zero-order chi connectivity index (χ0) is 53.7. The maximum absolute atomic E-state index is 8.10. The van der Waals surface area contributed by atoms with Gasteiger partial charge in [0.25, 0.3) is 0 Å². The van der Waals surface area contributed by atoms with Crippen molar-refractivity contribution in [1.29, 1.82) is 0 Å². The molecule has 78 heavy (non-hydrogen) atoms. The minimum absolute atomic E-state index is 0.877. The van der Waals surface area contributed by atoms with Crippen molar-refractivity contribution >= 4 is 95.3 Å². The summed E-state index contributed by atoms with van der Waals surface area (Å²) in [5.41, 5.74) is 0. The zero-order valence-electron chi connectivity index (χ0n) is 43.4. The predicted molar refractivity (Wildman–Crippen MR) is 347 cm³/mol. The SMILES string of the molecule is [O]=[Pd].c1ccc([PH+](c2ccccc2)c2ccccc2)cc1.c1ccc([PH+](c2ccccc2)c2ccccc2)cc1.c1ccc([PH+](c2ccccc2)c2ccccc2)cc1.c1ccc([PH+](c2ccccc2)c2ccccc2)cc1. The number of hydrogen-bond acceptors (Lipinski definition) is 1. The minimum atomic E-state index is -0.877. The van der Waals surface area contributed by atoms with Gasteiger partial charge in [0.05, 0.1) is 31.7 Å². The van der Waals surface area contributed by atoms with E-state index in [1.807, 2.05) is 0 Å². The van der Waals surface area contributed by atoms with Crippen molar-refractivity contribution in [2.75, 3.05) is 0 Å². The molecule has 0 amide bonds. The van der Waals surface area contributed by atoms with Crippen molar-refractivity contribution < 1.29 is 22.6 Å². The van der Waals surface area contributed by atoms with Crippen molar-refractivity contribution in [3.63, 3.8) is 0 Å². The van der Waals surface area contributed by atoms with Crippen LogP contribution in [0.1, 0.15) is 0 Å². The Morgan fingerprint density at radius 2 is 0.192 bits per heavy atom. The Morgan fingerprint density at radius 1 is 0.128 bits per heavy atom. The fraction of sp³-hybridized carbons (Fsp3) is 0. The molecule has 0 spiro atoms. The van der Waals surface area contributed by atoms with Crippen molar-refractivity contribution in [2.45, 2.75) is 0 Å². The van der Waals surface area contributed by atoms with Crippen LogP contribution >= 0.6 is 31.7 Å². The molecular weight excluding hydrogens is 1110 g/mol. The first-order valence-corrected chi connectivity index (χ1v) is 32.7. The van der Waals surface area contributed by atoms with Crippen LogP contribution in [0.4, 0.5) is 0 Å². The van der Waals surface area contributed by atoms with Gasteiger partial charge in [-0.05, 0) is 146 Å². The van der Waals surface area contributed by atoms with Gasteiger partial charge in [-0.25, -0.2) is 0 Å². The molecule has 0 N–H and O–H groups in total. The van der Waals surface area contributed by atoms with Crippen LogP contribution in [0.3, 0.4) is 0 Å². The molecule has 0 aliphatic carbocycles. The predicted octanol–water partition coefficient (Wildman–Crippen LogP) is 12.6. The molecule has 0 bridgehead atoms. The topological polar surface area (TPSA) is 17.1 Å². The molecule has 0 aliphatic rings. The van der Waals surface area contributed by atoms with Crippen molar-refractivity contribution in [3.8, 4) is 0 Å². The summed E-state index contributed by atoms with van der Waals surface area (Å²) >= 11 is 1.50. The van der Waals surface area contributed by atoms with Crippen molar-refractivity contribution in [2.24, 2.45) is 0 Å². The maximum Gasteiger partial charge on any atom is 0.102 e. The Bertz CT molecular complexity index is 2600. The summed E-state index contributed by atoms with van der Waals surface area (Å²) in [6.07, 6.45) is 0. The van der Waals surface area contributed by atoms with E-state index >= 15 is 0 Å². The second-order valence-electron chi connectivity index (χ2n) is 17.9. The second kappa shape index (κ2) is 32.5. The molecule has 0 atom stereocenters. The molecule has 12 rings (SSSR count). The van der Waals surface area contributed by atoms with Gasteiger partial charge in [0, 0.05) is 0 Å². The van der Waals surface area contributed by atoms with E-state index < -0.39 is 31.7 Å². The summed E-state index contributed by atoms with van der Waals surface area (Å²) in [6, 6.07) is 130. The van der Waals surface area contributed by atoms with Gasteiger partial charge in [-0.15, -0.1) is 0 Å². The van der Waals surface area contributed by atoms with Crippen LogP contribution in [0.5, 0.6) is 0 Å². The first-order valence-electron chi connectivity index (χ1n) is 26.1. The molecular formula is C72H64OP4Pd+4. The molecule has 384 valence electrons. The van der Waals surface area contributed by atoms with Crippen LogP contribution in [0.2, 0.25) is 0 Å². The Balaban J connectivity index is 0.000000136. The third-order valence-electron chi connectivity index (χ3n) is 12.7. The van der Waals surface area contributed by atoms with Gasteiger partial charge in [-0.1, -0.05) is 218 Å². The molecule has 0 aromatic heterocycles. The molecule has 12 aromatic rings. The second-order valence-corrected chi connectivity index (χ2v) is 27.8. The van der Waals surface area contributed by atoms with Crippen molar-refractivity contribution in [1.82, 2.24) is 0 Å². The first kappa shape index (κ1) is 57.0. The largest absolute Gasteiger partial charge is 0.102 e. The van der Waals surface area contributed by atoms with Gasteiger partial charge < -0.3 is 0 Å². The Kier molecular flexibility index (Phi) is 23.8. The summed E-state index contributed by atoms with van der Waals surface area (Å²) in [7, 11) is -3.51. The molecule has 0 unspecified atom stereocenters. The molecule has 0 saturated heterocycles. The molecule has 12 aromatic carbocycles. The van der Waals surface area contributed by atoms with Gasteiger partial charge in [0.1, 0.15) is 63.7 Å². The Hall–Kier alpha value is -7.18. The summed E-state index contributed by atoms with van der Waals surface area (Å²) in [6.45, 7) is 0. The van der Waals surface area contributed by atoms with Gasteiger partial charge >= 0.3 is 22.6 Å². The van der Waals surface area contributed by atoms with Crippen LogP contribution in [0, 0.1) is 0 Å². The average Bonchev–Trinajstić information content (AvgIpc) is 3.55. The van der Waals surface area contributed by atoms with E-state index in [1.165, 1.54) is 82.8 Å². The standard InChI is InChI=1S/4C18H15P.O.Pd/c4*1-4-10-16(11-5-1)19(17-12-6-2-7-13-17)18-14-8-3-9-15-18;;/h4*1-15H;;/p+4. The normalized spacial score (nSPS) is 10.4. The summed E-state index contributed by atoms with van der Waals surface area (Å²) in [5, 5.41) is 17.2. The van der Waals surface area contributed by atoms with E-state index in [2.05, 4.69) is 364 Å². The molecule has 0 aliphatic heterocycles. The van der Waals surface area contributed by atoms with Gasteiger partial charge in [0.2, 0.25) is 0 Å². The number of benzene rings is 12. The molecule has 0 saturated carbocycles. The zero-order valence-corrected chi connectivity index (χ0v) is 48.9. The minimum Gasteiger partial charge on any atom is -0.0620 e. The van der Waals surface area contributed by atoms with Crippen LogP contribution < -0.4 is 63.7 Å². The van der Waals surface area contributed by atoms with Crippen LogP contribution in [-0.2, 0) is 22.6 Å². The van der Waals surface area contributed by atoms with E-state index in [1.54, 1.807) is 0 Å². The van der Waals surface area contributed by atoms with Crippen LogP contribution in [0.25, 0.3) is 0 Å². The first-order chi connectivity index (χ1) is 38.8. The van der Waals surface area contributed by atoms with Gasteiger partial charge in [-0.3, -0.25) is 0 Å². The monoisotopic (exact) mass is 1170 g/mol. The molecule has 0 radical (unpaired) electrons. The smallest absolute Gasteiger partial charge is 0.0620 e. The summed E-state index contributed by atoms with van der Waals surface area (Å²) in [4.78, 5) is 0. The average molecular weight is 1180 g/mol. The summed E-state index contributed by atoms with van der Waals surface area (Å²) in [5.74, 6) is 0. The fourth-order valence-corrected chi connectivity index (χ4v) is 19.6. The van der Waals surface area contributed by atoms with Crippen molar-refractivity contribution in [3.05, 3.63) is 364 Å². The summed E-state index contributed by atoms with van der Waals surface area (Å²) < 4.78 is 8.10. The maximum atomic E-state index is 8.10. The molecule has 6 heteroatoms. The van der Waals surface area contributed by atoms with E-state index in [-0.39, 0.29) is 0 Å². The third-order valence-corrected chi connectivity index (χ3v) is 23.7. The Morgan fingerprint density at radius 3 is 0.256 bits per heavy atom. The van der Waals surface area contributed by atoms with E-state index in [0.29, 0.717) is 0 Å². The number of rotatable bonds is 12. The quantitative estimate of drug-likeness (QED) is 0.0880. The van der Waals surface area contributed by atoms with E-state index in [9.17, 15) is 0 Å². The molecule has 0 fully saturated rings. The fourth-order valence-electron chi connectivity index (χ4n) is 9.26. The van der Waals surface area contributed by atoms with E-state index in [0.717, 1.165) is 0 Å². The van der Waals surface area contributed by atoms with Crippen LogP contribution in [0.15, 0.2) is 364 Å². The van der Waals surface area contributed by atoms with Crippen LogP contribution in [-0.4, -0.2) is 0 Å². The third kappa shape index (κ3) is 16.9.